The van der Waals surface area contributed by atoms with E-state index in [0.29, 0.717) is 79.9 Å². The zero-order valence-electron chi connectivity index (χ0n) is 38.3. The first-order chi connectivity index (χ1) is 32.4. The molecule has 0 saturated carbocycles. The Kier molecular flexibility index (Phi) is 21.2. The number of benzene rings is 2. The number of anilines is 2. The lowest BCUT2D eigenvalue weighted by Gasteiger charge is -2.12. The van der Waals surface area contributed by atoms with Gasteiger partial charge < -0.3 is 27.6 Å². The smallest absolute Gasteiger partial charge is 0.335 e. The highest BCUT2D eigenvalue weighted by molar-refractivity contribution is 6.36. The van der Waals surface area contributed by atoms with E-state index in [1.54, 1.807) is 55.0 Å². The highest BCUT2D eigenvalue weighted by atomic mass is 35.5. The first-order valence-corrected chi connectivity index (χ1v) is 21.8. The highest BCUT2D eigenvalue weighted by Crippen LogP contribution is 2.28. The van der Waals surface area contributed by atoms with Crippen LogP contribution in [0.4, 0.5) is 16.0 Å². The molecule has 6 heterocycles. The second-order valence-electron chi connectivity index (χ2n) is 15.1. The lowest BCUT2D eigenvalue weighted by molar-refractivity contribution is 0.0696. The Morgan fingerprint density at radius 1 is 0.681 bits per heavy atom. The molecule has 0 aliphatic heterocycles. The fourth-order valence-corrected chi connectivity index (χ4v) is 8.07. The monoisotopic (exact) mass is 1040 g/mol. The van der Waals surface area contributed by atoms with Crippen LogP contribution in [0.25, 0.3) is 21.8 Å². The number of carbonyl (C=O) groups excluding carboxylic acids is 1. The number of aromatic carboxylic acids is 1. The van der Waals surface area contributed by atoms with E-state index < -0.39 is 13.1 Å². The summed E-state index contributed by atoms with van der Waals surface area (Å²) in [7, 11) is -1.00. The van der Waals surface area contributed by atoms with E-state index in [2.05, 4.69) is 35.2 Å². The van der Waals surface area contributed by atoms with Gasteiger partial charge in [0.25, 0.3) is 5.91 Å². The van der Waals surface area contributed by atoms with Crippen molar-refractivity contribution >= 4 is 104 Å². The Hall–Kier alpha value is -6.26. The van der Waals surface area contributed by atoms with Crippen LogP contribution in [0.5, 0.6) is 0 Å². The van der Waals surface area contributed by atoms with E-state index in [9.17, 15) is 14.0 Å². The van der Waals surface area contributed by atoms with Gasteiger partial charge in [-0.15, -0.1) is 12.4 Å². The molecule has 8 N–H and O–H groups in total. The highest BCUT2D eigenvalue weighted by Gasteiger charge is 2.13. The summed E-state index contributed by atoms with van der Waals surface area (Å²) >= 11 is 24.7. The Morgan fingerprint density at radius 3 is 1.55 bits per heavy atom. The number of nitrogens with two attached hydrogens (primary N) is 3. The molecule has 0 spiro atoms. The lowest BCUT2D eigenvalue weighted by atomic mass is 10.0. The fourth-order valence-electron chi connectivity index (χ4n) is 7.14. The van der Waals surface area contributed by atoms with Crippen LogP contribution in [0.2, 0.25) is 20.1 Å². The molecule has 2 aromatic carbocycles. The lowest BCUT2D eigenvalue weighted by Crippen LogP contribution is -2.24. The summed E-state index contributed by atoms with van der Waals surface area (Å²) in [4.78, 5) is 49.2. The maximum Gasteiger partial charge on any atom is 0.335 e. The van der Waals surface area contributed by atoms with Crippen molar-refractivity contribution in [3.63, 3.8) is 0 Å². The number of amides is 1. The van der Waals surface area contributed by atoms with Crippen molar-refractivity contribution < 1.29 is 20.5 Å². The zero-order chi connectivity index (χ0) is 49.7. The number of carboxylic acid groups (broad SMARTS) is 1. The van der Waals surface area contributed by atoms with Gasteiger partial charge in [-0.3, -0.25) is 29.1 Å². The van der Waals surface area contributed by atoms with Gasteiger partial charge in [-0.25, -0.2) is 14.8 Å². The molecule has 8 aromatic rings. The van der Waals surface area contributed by atoms with Crippen LogP contribution in [0.15, 0.2) is 97.6 Å². The number of pyridine rings is 6. The second-order valence-corrected chi connectivity index (χ2v) is 16.8. The minimum atomic E-state index is -1.00. The third kappa shape index (κ3) is 15.6. The van der Waals surface area contributed by atoms with E-state index in [0.717, 1.165) is 61.2 Å². The Labute approximate surface area is 427 Å². The molecule has 69 heavy (non-hydrogen) atoms. The second kappa shape index (κ2) is 26.5. The molecule has 0 radical (unpaired) electrons. The molecular weight excluding hydrogens is 985 g/mol. The van der Waals surface area contributed by atoms with Gasteiger partial charge >= 0.3 is 5.97 Å². The van der Waals surface area contributed by atoms with E-state index in [1.807, 2.05) is 58.0 Å². The normalized spacial score (nSPS) is 10.4. The van der Waals surface area contributed by atoms with Gasteiger partial charge in [0.05, 0.1) is 45.2 Å². The molecule has 1 amide bonds. The largest absolute Gasteiger partial charge is 0.478 e. The van der Waals surface area contributed by atoms with Crippen molar-refractivity contribution in [2.45, 2.75) is 61.1 Å². The summed E-state index contributed by atoms with van der Waals surface area (Å²) in [5, 5.41) is 15.8. The SMILES string of the molecule is C.Cc1cc(N)nc(C)c1CN.Cc1cc(N)nc(C)c1CNC(=O)c1ccnc(Cc2cc(Cl)c3ncc(Cl)cc3c2)c1.Cl.O=C(O)c1ccnc(Cc2cc(Cl)c3ncc(Cl)cc3c2)c1.[2H]CF. The number of nitrogens with zero attached hydrogens (tertiary/aromatic N) is 6. The molecule has 0 aliphatic carbocycles. The number of aromatic nitrogens is 6. The van der Waals surface area contributed by atoms with Crippen molar-refractivity contribution in [3.8, 4) is 0 Å². The Morgan fingerprint density at radius 2 is 1.12 bits per heavy atom. The van der Waals surface area contributed by atoms with Crippen LogP contribution in [-0.2, 0) is 25.9 Å². The van der Waals surface area contributed by atoms with Crippen LogP contribution >= 0.6 is 58.8 Å². The molecule has 0 aliphatic rings. The summed E-state index contributed by atoms with van der Waals surface area (Å²) < 4.78 is 15.5. The van der Waals surface area contributed by atoms with Gasteiger partial charge in [-0.05, 0) is 134 Å². The van der Waals surface area contributed by atoms with Crippen molar-refractivity contribution in [1.29, 1.82) is 0 Å². The number of rotatable bonds is 9. The molecule has 6 aromatic heterocycles. The zero-order valence-corrected chi connectivity index (χ0v) is 41.1. The number of nitrogen functional groups attached to an aromatic ring is 2. The van der Waals surface area contributed by atoms with Crippen molar-refractivity contribution in [1.82, 2.24) is 35.2 Å². The molecule has 13 nitrogen and oxygen atoms in total. The number of hydrogen-bond donors (Lipinski definition) is 5. The third-order valence-electron chi connectivity index (χ3n) is 10.2. The minimum Gasteiger partial charge on any atom is -0.478 e. The molecule has 0 fully saturated rings. The number of nitrogens with one attached hydrogen (secondary N) is 1. The maximum absolute atomic E-state index is 12.8. The third-order valence-corrected chi connectivity index (χ3v) is 11.2. The molecule has 0 unspecified atom stereocenters. The predicted octanol–water partition coefficient (Wildman–Crippen LogP) is 11.7. The van der Waals surface area contributed by atoms with Crippen LogP contribution in [0.1, 0.15) is 85.7 Å². The minimum absolute atomic E-state index is 0. The molecule has 0 saturated heterocycles. The number of halogens is 6. The standard InChI is InChI=1S/C24H21Cl2N5O.C16H10Cl2N2O2.C8H13N3.CH3F.CH4.ClH/c1-13-5-22(27)31-14(2)20(13)12-30-24(32)16-3-4-28-19(10-16)7-15-6-17-9-18(25)11-29-23(17)21(26)8-15;17-12-6-11-3-9(5-14(18)15(11)20-8-12)4-13-7-10(16(21)22)1-2-19-13;1-5-3-8(10)11-6(2)7(5)4-9;1-2;;/h3-6,8-11H,7,12H2,1-2H3,(H2,27,31)(H,30,32);1-3,5-8H,4H2,(H,21,22);3H,4,9H2,1-2H3,(H2,10,11);1H3;1H4;1H/i;;;1D;;. The maximum atomic E-state index is 12.8. The Bertz CT molecular complexity index is 3070. The Balaban J connectivity index is 0.000000295. The summed E-state index contributed by atoms with van der Waals surface area (Å²) in [6.07, 6.45) is 7.23. The van der Waals surface area contributed by atoms with Crippen LogP contribution in [0.3, 0.4) is 0 Å². The number of hydrogen-bond acceptors (Lipinski definition) is 11. The van der Waals surface area contributed by atoms with Crippen LogP contribution < -0.4 is 22.5 Å². The van der Waals surface area contributed by atoms with Gasteiger partial charge in [-0.2, -0.15) is 0 Å². The van der Waals surface area contributed by atoms with E-state index in [4.69, 9.17) is 70.1 Å². The summed E-state index contributed by atoms with van der Waals surface area (Å²) in [5.41, 5.74) is 28.1. The van der Waals surface area contributed by atoms with Gasteiger partial charge in [0.15, 0.2) is 0 Å². The summed E-state index contributed by atoms with van der Waals surface area (Å²) in [5.74, 6) is -0.120. The number of fused-ring (bicyclic) bond motifs is 2. The average Bonchev–Trinajstić information content (AvgIpc) is 3.26. The molecular formula is C50H52Cl5FN10O3. The topological polar surface area (TPSA) is 222 Å². The van der Waals surface area contributed by atoms with Gasteiger partial charge in [0.2, 0.25) is 0 Å². The van der Waals surface area contributed by atoms with Gasteiger partial charge in [0.1, 0.15) is 11.6 Å². The quantitative estimate of drug-likeness (QED) is 0.0911. The van der Waals surface area contributed by atoms with E-state index in [-0.39, 0.29) is 31.3 Å². The van der Waals surface area contributed by atoms with Crippen LogP contribution in [0, 0.1) is 27.7 Å². The van der Waals surface area contributed by atoms with Gasteiger partial charge in [-0.1, -0.05) is 53.8 Å². The number of alkyl halides is 1. The van der Waals surface area contributed by atoms with Crippen molar-refractivity contribution in [2.75, 3.05) is 18.6 Å². The van der Waals surface area contributed by atoms with E-state index >= 15 is 0 Å². The summed E-state index contributed by atoms with van der Waals surface area (Å²) in [6.45, 7) is 8.65. The molecule has 0 atom stereocenters. The first kappa shape index (κ1) is 55.3. The number of aryl methyl sites for hydroxylation is 4. The predicted molar refractivity (Wildman–Crippen MR) is 281 cm³/mol. The average molecular weight is 1040 g/mol. The van der Waals surface area contributed by atoms with Crippen molar-refractivity contribution in [3.05, 3.63) is 185 Å². The fraction of sp³-hybridized carbons (Fsp3) is 0.200. The molecule has 8 rings (SSSR count). The first-order valence-electron chi connectivity index (χ1n) is 21.0. The molecule has 19 heteroatoms. The molecule has 362 valence electrons. The number of carboxylic acids is 1. The van der Waals surface area contributed by atoms with E-state index in [1.165, 1.54) is 12.3 Å². The molecule has 0 bridgehead atoms. The number of carbonyl (C=O) groups is 2. The van der Waals surface area contributed by atoms with Crippen LogP contribution in [-0.4, -0.2) is 54.0 Å². The summed E-state index contributed by atoms with van der Waals surface area (Å²) in [6, 6.07) is 21.3. The van der Waals surface area contributed by atoms with Gasteiger partial charge in [0, 0.05) is 89.8 Å². The van der Waals surface area contributed by atoms with Crippen molar-refractivity contribution in [2.24, 2.45) is 5.73 Å².